The first kappa shape index (κ1) is 10.5. The van der Waals surface area contributed by atoms with Crippen molar-refractivity contribution >= 4 is 6.16 Å². The lowest BCUT2D eigenvalue weighted by Gasteiger charge is -1.95. The number of hydrogen-bond donors (Lipinski definition) is 1. The van der Waals surface area contributed by atoms with Crippen molar-refractivity contribution in [3.05, 3.63) is 25.0 Å². The molecule has 0 fully saturated rings. The lowest BCUT2D eigenvalue weighted by Crippen LogP contribution is -1.99. The zero-order valence-electron chi connectivity index (χ0n) is 6.43. The number of hydrogen-bond acceptors (Lipinski definition) is 4. The fourth-order valence-electron chi connectivity index (χ4n) is 0.325. The summed E-state index contributed by atoms with van der Waals surface area (Å²) in [6, 6.07) is 0. The predicted octanol–water partition coefficient (Wildman–Crippen LogP) is 1.33. The van der Waals surface area contributed by atoms with Gasteiger partial charge in [0.05, 0.1) is 0 Å². The van der Waals surface area contributed by atoms with E-state index in [4.69, 9.17) is 5.11 Å². The summed E-state index contributed by atoms with van der Waals surface area (Å²) in [4.78, 5) is 18.7. The number of carboxylic acid groups (broad SMARTS) is 1. The van der Waals surface area contributed by atoms with Crippen molar-refractivity contribution in [2.24, 2.45) is 0 Å². The molecule has 0 aromatic rings. The molecular formula is C7H10O5. The van der Waals surface area contributed by atoms with E-state index in [2.05, 4.69) is 21.1 Å². The van der Waals surface area contributed by atoms with Crippen LogP contribution in [0.3, 0.4) is 0 Å². The molecule has 0 aliphatic rings. The molecule has 1 N–H and O–H groups in total. The van der Waals surface area contributed by atoms with Crippen LogP contribution in [0.15, 0.2) is 25.0 Å². The van der Waals surface area contributed by atoms with E-state index in [1.54, 1.807) is 0 Å². The monoisotopic (exact) mass is 174 g/mol. The van der Waals surface area contributed by atoms with E-state index in [0.29, 0.717) is 0 Å². The van der Waals surface area contributed by atoms with Gasteiger partial charge in [-0.25, -0.2) is 4.79 Å². The van der Waals surface area contributed by atoms with Crippen molar-refractivity contribution in [3.63, 3.8) is 0 Å². The van der Waals surface area contributed by atoms with Crippen LogP contribution in [0.2, 0.25) is 0 Å². The van der Waals surface area contributed by atoms with Crippen LogP contribution >= 0.6 is 0 Å². The molecule has 0 radical (unpaired) electrons. The van der Waals surface area contributed by atoms with Gasteiger partial charge in [-0.15, -0.1) is 6.58 Å². The minimum absolute atomic E-state index is 0.0627. The predicted molar refractivity (Wildman–Crippen MR) is 40.4 cm³/mol. The summed E-state index contributed by atoms with van der Waals surface area (Å²) in [5.74, 6) is 0. The van der Waals surface area contributed by atoms with Crippen molar-refractivity contribution in [3.8, 4) is 0 Å². The van der Waals surface area contributed by atoms with Gasteiger partial charge in [-0.05, 0) is 6.08 Å². The largest absolute Gasteiger partial charge is 0.506 e. The Hall–Kier alpha value is -1.49. The van der Waals surface area contributed by atoms with Crippen molar-refractivity contribution in [1.82, 2.24) is 0 Å². The molecule has 0 aromatic heterocycles. The summed E-state index contributed by atoms with van der Waals surface area (Å²) in [5.41, 5.74) is 0. The summed E-state index contributed by atoms with van der Waals surface area (Å²) in [6.45, 7) is 3.59. The fourth-order valence-corrected chi connectivity index (χ4v) is 0.325. The molecule has 5 heteroatoms. The van der Waals surface area contributed by atoms with Gasteiger partial charge in [0.1, 0.15) is 19.5 Å². The molecule has 0 spiro atoms. The Kier molecular flexibility index (Phi) is 6.67. The van der Waals surface area contributed by atoms with E-state index >= 15 is 0 Å². The summed E-state index contributed by atoms with van der Waals surface area (Å²) >= 11 is 0. The molecule has 0 bridgehead atoms. The first-order valence-corrected chi connectivity index (χ1v) is 3.17. The van der Waals surface area contributed by atoms with Gasteiger partial charge in [0, 0.05) is 0 Å². The molecule has 68 valence electrons. The zero-order valence-corrected chi connectivity index (χ0v) is 6.43. The Labute approximate surface area is 69.8 Å². The molecule has 0 unspecified atom stereocenters. The average molecular weight is 174 g/mol. The molecule has 5 nitrogen and oxygen atoms in total. The molecule has 0 aromatic carbocycles. The Morgan fingerprint density at radius 3 is 2.83 bits per heavy atom. The van der Waals surface area contributed by atoms with Gasteiger partial charge in [0.25, 0.3) is 0 Å². The minimum Gasteiger partial charge on any atom is -0.450 e. The van der Waals surface area contributed by atoms with Gasteiger partial charge in [0.2, 0.25) is 0 Å². The smallest absolute Gasteiger partial charge is 0.450 e. The second-order valence-electron chi connectivity index (χ2n) is 1.62. The average Bonchev–Trinajstić information content (AvgIpc) is 2.02. The topological polar surface area (TPSA) is 65.0 Å². The maximum atomic E-state index is 9.79. The van der Waals surface area contributed by atoms with Crippen molar-refractivity contribution < 1.29 is 24.4 Å². The Morgan fingerprint density at radius 2 is 2.25 bits per heavy atom. The van der Waals surface area contributed by atoms with Crippen LogP contribution in [0.1, 0.15) is 0 Å². The lowest BCUT2D eigenvalue weighted by atomic mass is 10.7. The van der Waals surface area contributed by atoms with E-state index in [1.807, 2.05) is 0 Å². The Balaban J connectivity index is 3.14. The van der Waals surface area contributed by atoms with E-state index in [1.165, 1.54) is 18.4 Å². The molecule has 0 amide bonds. The first-order chi connectivity index (χ1) is 5.77. The van der Waals surface area contributed by atoms with Crippen molar-refractivity contribution in [1.29, 1.82) is 0 Å². The first-order valence-electron chi connectivity index (χ1n) is 3.17. The number of ether oxygens (including phenoxy) is 1. The van der Waals surface area contributed by atoms with Crippen LogP contribution in [-0.2, 0) is 14.5 Å². The highest BCUT2D eigenvalue weighted by Crippen LogP contribution is 1.83. The molecule has 0 rings (SSSR count). The summed E-state index contributed by atoms with van der Waals surface area (Å²) in [6.07, 6.45) is 2.73. The SMILES string of the molecule is C=CCOOC=CCOC(=O)O. The molecular weight excluding hydrogens is 164 g/mol. The normalized spacial score (nSPS) is 9.67. The number of rotatable bonds is 6. The fraction of sp³-hybridized carbons (Fsp3) is 0.286. The summed E-state index contributed by atoms with van der Waals surface area (Å²) < 4.78 is 4.12. The van der Waals surface area contributed by atoms with Gasteiger partial charge in [-0.1, -0.05) is 6.08 Å². The van der Waals surface area contributed by atoms with Gasteiger partial charge >= 0.3 is 6.16 Å². The quantitative estimate of drug-likeness (QED) is 0.164. The second kappa shape index (κ2) is 7.62. The third-order valence-electron chi connectivity index (χ3n) is 0.709. The van der Waals surface area contributed by atoms with Crippen molar-refractivity contribution in [2.45, 2.75) is 0 Å². The van der Waals surface area contributed by atoms with Crippen LogP contribution in [-0.4, -0.2) is 24.5 Å². The van der Waals surface area contributed by atoms with Crippen LogP contribution in [0.5, 0.6) is 0 Å². The Morgan fingerprint density at radius 1 is 1.50 bits per heavy atom. The standard InChI is InChI=1S/C7H10O5/c1-2-4-11-12-6-3-5-10-7(8)9/h2-3,6H,1,4-5H2,(H,8,9). The third-order valence-corrected chi connectivity index (χ3v) is 0.709. The van der Waals surface area contributed by atoms with E-state index in [-0.39, 0.29) is 13.2 Å². The van der Waals surface area contributed by atoms with Crippen LogP contribution in [0, 0.1) is 0 Å². The van der Waals surface area contributed by atoms with Crippen LogP contribution in [0.25, 0.3) is 0 Å². The van der Waals surface area contributed by atoms with Gasteiger partial charge in [-0.3, -0.25) is 0 Å². The van der Waals surface area contributed by atoms with Gasteiger partial charge in [-0.2, -0.15) is 4.89 Å². The molecule has 0 saturated heterocycles. The molecule has 0 atom stereocenters. The van der Waals surface area contributed by atoms with Crippen molar-refractivity contribution in [2.75, 3.05) is 13.2 Å². The third kappa shape index (κ3) is 8.51. The number of carbonyl (C=O) groups is 1. The highest BCUT2D eigenvalue weighted by molar-refractivity contribution is 5.56. The highest BCUT2D eigenvalue weighted by Gasteiger charge is 1.90. The van der Waals surface area contributed by atoms with Crippen LogP contribution < -0.4 is 0 Å². The Bertz CT molecular complexity index is 163. The maximum Gasteiger partial charge on any atom is 0.506 e. The molecule has 12 heavy (non-hydrogen) atoms. The molecule has 0 aliphatic heterocycles. The molecule has 0 aliphatic carbocycles. The van der Waals surface area contributed by atoms with Gasteiger partial charge < -0.3 is 14.7 Å². The molecule has 0 saturated carbocycles. The van der Waals surface area contributed by atoms with Gasteiger partial charge in [0.15, 0.2) is 0 Å². The molecule has 0 heterocycles. The minimum atomic E-state index is -1.33. The zero-order chi connectivity index (χ0) is 9.23. The highest BCUT2D eigenvalue weighted by atomic mass is 17.2. The van der Waals surface area contributed by atoms with E-state index in [9.17, 15) is 4.79 Å². The van der Waals surface area contributed by atoms with Crippen LogP contribution in [0.4, 0.5) is 4.79 Å². The van der Waals surface area contributed by atoms with E-state index < -0.39 is 6.16 Å². The lowest BCUT2D eigenvalue weighted by molar-refractivity contribution is -0.239. The second-order valence-corrected chi connectivity index (χ2v) is 1.62. The van der Waals surface area contributed by atoms with E-state index in [0.717, 1.165) is 0 Å². The maximum absolute atomic E-state index is 9.79. The summed E-state index contributed by atoms with van der Waals surface area (Å²) in [5, 5.41) is 8.01. The summed E-state index contributed by atoms with van der Waals surface area (Å²) in [7, 11) is 0.